The van der Waals surface area contributed by atoms with Gasteiger partial charge in [-0.15, -0.1) is 0 Å². The molecule has 2 aromatic carbocycles. The van der Waals surface area contributed by atoms with Gasteiger partial charge in [0, 0.05) is 5.56 Å². The van der Waals surface area contributed by atoms with E-state index in [0.717, 1.165) is 18.5 Å². The van der Waals surface area contributed by atoms with Crippen LogP contribution in [0.2, 0.25) is 0 Å². The fourth-order valence-electron chi connectivity index (χ4n) is 2.24. The molecule has 0 saturated carbocycles. The summed E-state index contributed by atoms with van der Waals surface area (Å²) in [7, 11) is 0. The molecule has 0 fully saturated rings. The van der Waals surface area contributed by atoms with Gasteiger partial charge in [0.15, 0.2) is 5.71 Å². The van der Waals surface area contributed by atoms with Crippen molar-refractivity contribution >= 4 is 17.8 Å². The van der Waals surface area contributed by atoms with Crippen LogP contribution in [0.5, 0.6) is 0 Å². The Bertz CT molecular complexity index is 704. The molecule has 25 heavy (non-hydrogen) atoms. The van der Waals surface area contributed by atoms with Crippen LogP contribution in [0.4, 0.5) is 13.2 Å². The number of oxime groups is 1. The van der Waals surface area contributed by atoms with Crippen molar-refractivity contribution in [3.05, 3.63) is 65.7 Å². The van der Waals surface area contributed by atoms with Gasteiger partial charge in [0.1, 0.15) is 12.0 Å². The van der Waals surface area contributed by atoms with E-state index in [2.05, 4.69) is 25.9 Å². The smallest absolute Gasteiger partial charge is 0.316 e. The fourth-order valence-corrected chi connectivity index (χ4v) is 2.68. The van der Waals surface area contributed by atoms with Gasteiger partial charge in [0.25, 0.3) is 0 Å². The molecule has 0 bridgehead atoms. The minimum atomic E-state index is -4.58. The summed E-state index contributed by atoms with van der Waals surface area (Å²) in [5.74, 6) is 0. The Morgan fingerprint density at radius 3 is 2.08 bits per heavy atom. The summed E-state index contributed by atoms with van der Waals surface area (Å²) in [5.41, 5.74) is 0.258. The van der Waals surface area contributed by atoms with Crippen molar-refractivity contribution in [2.45, 2.75) is 38.3 Å². The molecule has 0 atom stereocenters. The Balaban J connectivity index is 2.05. The van der Waals surface area contributed by atoms with Gasteiger partial charge < -0.3 is 4.28 Å². The minimum absolute atomic E-state index is 0.0314. The predicted molar refractivity (Wildman–Crippen MR) is 95.6 cm³/mol. The van der Waals surface area contributed by atoms with Crippen molar-refractivity contribution in [3.63, 3.8) is 0 Å². The first-order valence-corrected chi connectivity index (χ1v) is 8.52. The number of benzene rings is 2. The van der Waals surface area contributed by atoms with E-state index in [0.29, 0.717) is 4.90 Å². The molecular weight excluding hydrogens is 347 g/mol. The quantitative estimate of drug-likeness (QED) is 0.353. The molecule has 0 radical (unpaired) electrons. The highest BCUT2D eigenvalue weighted by atomic mass is 32.2. The van der Waals surface area contributed by atoms with Crippen LogP contribution in [0.25, 0.3) is 0 Å². The van der Waals surface area contributed by atoms with Gasteiger partial charge in [-0.25, -0.2) is 0 Å². The molecule has 0 unspecified atom stereocenters. The molecule has 0 aliphatic carbocycles. The van der Waals surface area contributed by atoms with Crippen molar-refractivity contribution in [1.29, 1.82) is 0 Å². The molecule has 0 heterocycles. The van der Waals surface area contributed by atoms with Crippen LogP contribution in [0.1, 0.15) is 31.9 Å². The summed E-state index contributed by atoms with van der Waals surface area (Å²) in [5, 5.41) is 3.30. The van der Waals surface area contributed by atoms with Crippen LogP contribution in [0.3, 0.4) is 0 Å². The van der Waals surface area contributed by atoms with E-state index in [-0.39, 0.29) is 11.0 Å². The van der Waals surface area contributed by atoms with E-state index in [4.69, 9.17) is 4.28 Å². The van der Waals surface area contributed by atoms with Gasteiger partial charge in [-0.2, -0.15) is 13.2 Å². The highest BCUT2D eigenvalue weighted by Gasteiger charge is 2.37. The van der Waals surface area contributed by atoms with Crippen molar-refractivity contribution in [2.75, 3.05) is 0 Å². The lowest BCUT2D eigenvalue weighted by atomic mass is 9.88. The Labute approximate surface area is 150 Å². The molecule has 134 valence electrons. The van der Waals surface area contributed by atoms with E-state index in [1.54, 1.807) is 6.07 Å². The van der Waals surface area contributed by atoms with Crippen LogP contribution < -0.4 is 0 Å². The van der Waals surface area contributed by atoms with Gasteiger partial charge in [-0.1, -0.05) is 68.4 Å². The molecule has 6 heteroatoms. The first kappa shape index (κ1) is 19.4. The molecular formula is C19H20F3NOS. The molecule has 2 aromatic rings. The number of hydrogen-bond acceptors (Lipinski definition) is 3. The van der Waals surface area contributed by atoms with Crippen LogP contribution in [-0.2, 0) is 10.7 Å². The topological polar surface area (TPSA) is 21.6 Å². The number of halogens is 3. The second-order valence-corrected chi connectivity index (χ2v) is 7.63. The summed E-state index contributed by atoms with van der Waals surface area (Å²) >= 11 is 0.799. The lowest BCUT2D eigenvalue weighted by molar-refractivity contribution is -0.0596. The number of nitrogens with zero attached hydrogens (tertiary/aromatic N) is 1. The van der Waals surface area contributed by atoms with E-state index in [9.17, 15) is 13.2 Å². The zero-order valence-corrected chi connectivity index (χ0v) is 15.1. The maximum atomic E-state index is 13.1. The highest BCUT2D eigenvalue weighted by molar-refractivity contribution is 7.94. The lowest BCUT2D eigenvalue weighted by Gasteiger charge is -2.18. The minimum Gasteiger partial charge on any atom is -0.316 e. The van der Waals surface area contributed by atoms with Crippen LogP contribution in [0.15, 0.2) is 64.6 Å². The van der Waals surface area contributed by atoms with Crippen molar-refractivity contribution in [2.24, 2.45) is 10.6 Å². The SMILES string of the molecule is CC(C)(C)Cc1ccc(SO/N=C(/c2ccccc2)C(F)(F)F)cc1. The van der Waals surface area contributed by atoms with Gasteiger partial charge in [0.05, 0.1) is 4.90 Å². The second-order valence-electron chi connectivity index (χ2n) is 6.84. The molecule has 0 amide bonds. The average molecular weight is 367 g/mol. The monoisotopic (exact) mass is 367 g/mol. The second kappa shape index (κ2) is 7.95. The summed E-state index contributed by atoms with van der Waals surface area (Å²) in [6, 6.07) is 14.9. The van der Waals surface area contributed by atoms with E-state index in [1.165, 1.54) is 29.8 Å². The van der Waals surface area contributed by atoms with E-state index < -0.39 is 11.9 Å². The Hall–Kier alpha value is -1.95. The normalized spacial score (nSPS) is 13.0. The third-order valence-corrected chi connectivity index (χ3v) is 3.85. The predicted octanol–water partition coefficient (Wildman–Crippen LogP) is 6.27. The maximum Gasteiger partial charge on any atom is 0.437 e. The lowest BCUT2D eigenvalue weighted by Crippen LogP contribution is -2.24. The van der Waals surface area contributed by atoms with Gasteiger partial charge in [-0.3, -0.25) is 0 Å². The summed E-state index contributed by atoms with van der Waals surface area (Å²) in [4.78, 5) is 0.691. The molecule has 2 rings (SSSR count). The highest BCUT2D eigenvalue weighted by Crippen LogP contribution is 2.27. The van der Waals surface area contributed by atoms with E-state index in [1.807, 2.05) is 24.3 Å². The van der Waals surface area contributed by atoms with Crippen LogP contribution in [0, 0.1) is 5.41 Å². The fraction of sp³-hybridized carbons (Fsp3) is 0.316. The van der Waals surface area contributed by atoms with Crippen LogP contribution >= 0.6 is 12.0 Å². The molecule has 0 saturated heterocycles. The van der Waals surface area contributed by atoms with Gasteiger partial charge in [-0.05, 0) is 29.5 Å². The van der Waals surface area contributed by atoms with Gasteiger partial charge >= 0.3 is 6.18 Å². The van der Waals surface area contributed by atoms with Gasteiger partial charge in [0.2, 0.25) is 0 Å². The summed E-state index contributed by atoms with van der Waals surface area (Å²) in [6.07, 6.45) is -3.67. The van der Waals surface area contributed by atoms with E-state index >= 15 is 0 Å². The largest absolute Gasteiger partial charge is 0.437 e. The Morgan fingerprint density at radius 2 is 1.56 bits per heavy atom. The first-order chi connectivity index (χ1) is 11.6. The first-order valence-electron chi connectivity index (χ1n) is 7.78. The van der Waals surface area contributed by atoms with Crippen molar-refractivity contribution in [3.8, 4) is 0 Å². The number of hydrogen-bond donors (Lipinski definition) is 0. The standard InChI is InChI=1S/C19H20F3NOS/c1-18(2,3)13-14-9-11-16(12-10-14)25-24-23-17(19(20,21)22)15-7-5-4-6-8-15/h4-12H,13H2,1-3H3/b23-17-. The van der Waals surface area contributed by atoms with Crippen molar-refractivity contribution < 1.29 is 17.5 Å². The molecule has 0 aromatic heterocycles. The number of rotatable bonds is 5. The Kier molecular flexibility index (Phi) is 6.16. The maximum absolute atomic E-state index is 13.1. The third-order valence-electron chi connectivity index (χ3n) is 3.24. The average Bonchev–Trinajstić information content (AvgIpc) is 2.51. The zero-order valence-electron chi connectivity index (χ0n) is 14.3. The summed E-state index contributed by atoms with van der Waals surface area (Å²) < 4.78 is 44.3. The molecule has 0 N–H and O–H groups in total. The molecule has 2 nitrogen and oxygen atoms in total. The van der Waals surface area contributed by atoms with Crippen LogP contribution in [-0.4, -0.2) is 11.9 Å². The molecule has 0 spiro atoms. The summed E-state index contributed by atoms with van der Waals surface area (Å²) in [6.45, 7) is 6.45. The zero-order chi connectivity index (χ0) is 18.5. The molecule has 0 aliphatic rings. The van der Waals surface area contributed by atoms with Crippen molar-refractivity contribution in [1.82, 2.24) is 0 Å². The molecule has 0 aliphatic heterocycles. The Morgan fingerprint density at radius 1 is 0.960 bits per heavy atom. The number of alkyl halides is 3. The third kappa shape index (κ3) is 6.46.